The number of likely N-dealkylation sites (tertiary alicyclic amines) is 1. The molecule has 7 fully saturated rings. The van der Waals surface area contributed by atoms with Crippen LogP contribution in [0.2, 0.25) is 0 Å². The summed E-state index contributed by atoms with van der Waals surface area (Å²) in [6, 6.07) is -0.0606. The second-order valence-corrected chi connectivity index (χ2v) is 10.7. The van der Waals surface area contributed by atoms with E-state index in [1.165, 1.54) is 32.1 Å². The lowest BCUT2D eigenvalue weighted by atomic mass is 9.53. The monoisotopic (exact) mass is 390 g/mol. The van der Waals surface area contributed by atoms with Crippen LogP contribution in [0.15, 0.2) is 0 Å². The Balaban J connectivity index is 1.10. The van der Waals surface area contributed by atoms with Gasteiger partial charge in [-0.25, -0.2) is 0 Å². The summed E-state index contributed by atoms with van der Waals surface area (Å²) >= 11 is 0. The summed E-state index contributed by atoms with van der Waals surface area (Å²) < 4.78 is 6.80. The van der Waals surface area contributed by atoms with Crippen LogP contribution in [0.1, 0.15) is 70.6 Å². The molecule has 7 aliphatic rings. The molecule has 4 bridgehead atoms. The lowest BCUT2D eigenvalue weighted by Gasteiger charge is -2.57. The molecule has 5 aliphatic carbocycles. The van der Waals surface area contributed by atoms with E-state index >= 15 is 0 Å². The second kappa shape index (κ2) is 6.40. The van der Waals surface area contributed by atoms with Crippen LogP contribution in [0.3, 0.4) is 0 Å². The molecular formula is C22H34N2O4. The van der Waals surface area contributed by atoms with Crippen LogP contribution < -0.4 is 5.73 Å². The van der Waals surface area contributed by atoms with Gasteiger partial charge in [0.15, 0.2) is 0 Å². The van der Waals surface area contributed by atoms with Crippen LogP contribution in [-0.4, -0.2) is 41.5 Å². The van der Waals surface area contributed by atoms with E-state index in [0.29, 0.717) is 17.8 Å². The zero-order valence-corrected chi connectivity index (χ0v) is 16.8. The van der Waals surface area contributed by atoms with E-state index < -0.39 is 11.6 Å². The van der Waals surface area contributed by atoms with Gasteiger partial charge in [0.1, 0.15) is 0 Å². The van der Waals surface area contributed by atoms with E-state index in [2.05, 4.69) is 4.90 Å². The zero-order valence-electron chi connectivity index (χ0n) is 16.8. The Morgan fingerprint density at radius 2 is 1.64 bits per heavy atom. The van der Waals surface area contributed by atoms with Crippen LogP contribution in [0.25, 0.3) is 0 Å². The Hall–Kier alpha value is -0.690. The Morgan fingerprint density at radius 3 is 2.29 bits per heavy atom. The summed E-state index contributed by atoms with van der Waals surface area (Å²) in [5, 5.41) is 0. The molecule has 0 radical (unpaired) electrons. The number of carbonyl (C=O) groups is 1. The Kier molecular flexibility index (Phi) is 4.14. The highest BCUT2D eigenvalue weighted by atomic mass is 17.3. The first kappa shape index (κ1) is 18.1. The third-order valence-corrected chi connectivity index (χ3v) is 9.00. The maximum absolute atomic E-state index is 11.7. The smallest absolute Gasteiger partial charge is 0.234 e. The van der Waals surface area contributed by atoms with Crippen LogP contribution in [0, 0.1) is 29.6 Å². The fraction of sp³-hybridized carbons (Fsp3) is 0.955. The minimum atomic E-state index is -0.528. The molecule has 0 aromatic rings. The van der Waals surface area contributed by atoms with Crippen molar-refractivity contribution in [3.63, 3.8) is 0 Å². The number of amides is 1. The number of hydrogen-bond donors (Lipinski definition) is 1. The van der Waals surface area contributed by atoms with Gasteiger partial charge < -0.3 is 10.5 Å². The maximum Gasteiger partial charge on any atom is 0.234 e. The second-order valence-electron chi connectivity index (χ2n) is 10.7. The normalized spacial score (nSPS) is 52.9. The summed E-state index contributed by atoms with van der Waals surface area (Å²) in [7, 11) is 0. The van der Waals surface area contributed by atoms with Gasteiger partial charge in [0.05, 0.1) is 6.04 Å². The molecule has 28 heavy (non-hydrogen) atoms. The number of primary amides is 1. The molecule has 1 amide bonds. The van der Waals surface area contributed by atoms with E-state index in [1.54, 1.807) is 0 Å². The average molecular weight is 391 g/mol. The molecule has 2 heterocycles. The summed E-state index contributed by atoms with van der Waals surface area (Å²) in [5.74, 6) is 2.30. The summed E-state index contributed by atoms with van der Waals surface area (Å²) in [6.07, 6.45) is 12.4. The first-order valence-electron chi connectivity index (χ1n) is 11.7. The lowest BCUT2D eigenvalue weighted by molar-refractivity contribution is -0.390. The molecule has 6 nitrogen and oxygen atoms in total. The topological polar surface area (TPSA) is 74.0 Å². The molecule has 5 saturated carbocycles. The van der Waals surface area contributed by atoms with Gasteiger partial charge >= 0.3 is 0 Å². The van der Waals surface area contributed by atoms with Gasteiger partial charge in [-0.1, -0.05) is 0 Å². The van der Waals surface area contributed by atoms with Crippen LogP contribution >= 0.6 is 0 Å². The van der Waals surface area contributed by atoms with Crippen molar-refractivity contribution in [2.75, 3.05) is 13.1 Å². The number of nitrogens with two attached hydrogens (primary N) is 1. The molecule has 2 N–H and O–H groups in total. The summed E-state index contributed by atoms with van der Waals surface area (Å²) in [6.45, 7) is 1.98. The number of ether oxygens (including phenoxy) is 1. The molecule has 7 rings (SSSR count). The third kappa shape index (κ3) is 2.71. The van der Waals surface area contributed by atoms with Gasteiger partial charge in [-0.15, -0.1) is 0 Å². The predicted molar refractivity (Wildman–Crippen MR) is 102 cm³/mol. The van der Waals surface area contributed by atoms with Gasteiger partial charge in [0.25, 0.3) is 0 Å². The molecule has 0 aromatic carbocycles. The van der Waals surface area contributed by atoms with Gasteiger partial charge in [0, 0.05) is 31.2 Å². The molecule has 0 unspecified atom stereocenters. The lowest BCUT2D eigenvalue weighted by Crippen LogP contribution is -2.59. The SMILES string of the molecule is NC(=O)[C@@H]1CCCN1CC1CCC2(CC1)OOC1(O2)C2CC3CC(C2)CC1C3. The largest absolute Gasteiger partial charge is 0.368 e. The van der Waals surface area contributed by atoms with Crippen molar-refractivity contribution in [1.29, 1.82) is 0 Å². The van der Waals surface area contributed by atoms with Gasteiger partial charge in [-0.2, -0.15) is 9.78 Å². The van der Waals surface area contributed by atoms with E-state index in [1.807, 2.05) is 0 Å². The van der Waals surface area contributed by atoms with Crippen molar-refractivity contribution >= 4 is 5.91 Å². The summed E-state index contributed by atoms with van der Waals surface area (Å²) in [5.41, 5.74) is 5.59. The Morgan fingerprint density at radius 1 is 0.964 bits per heavy atom. The van der Waals surface area contributed by atoms with E-state index in [0.717, 1.165) is 63.5 Å². The first-order chi connectivity index (χ1) is 13.6. The maximum atomic E-state index is 11.7. The van der Waals surface area contributed by atoms with Crippen molar-refractivity contribution < 1.29 is 19.3 Å². The van der Waals surface area contributed by atoms with E-state index in [9.17, 15) is 4.79 Å². The molecule has 0 aromatic heterocycles. The van der Waals surface area contributed by atoms with Crippen molar-refractivity contribution in [2.24, 2.45) is 35.3 Å². The minimum Gasteiger partial charge on any atom is -0.368 e. The first-order valence-corrected chi connectivity index (χ1v) is 11.7. The quantitative estimate of drug-likeness (QED) is 0.750. The van der Waals surface area contributed by atoms with Gasteiger partial charge in [-0.3, -0.25) is 9.69 Å². The van der Waals surface area contributed by atoms with Crippen molar-refractivity contribution in [3.8, 4) is 0 Å². The number of hydrogen-bond acceptors (Lipinski definition) is 5. The average Bonchev–Trinajstić information content (AvgIpc) is 3.28. The standard InChI is InChI=1S/C22H34N2O4/c23-20(25)19-2-1-7-24(19)13-14-3-5-21(6-4-14)26-22(28-27-21)17-9-15-8-16(11-17)12-18(22)10-15/h14-19H,1-13H2,(H2,23,25)/t14?,15?,16?,17?,18?,19-,21?,22?/m0/s1. The fourth-order valence-corrected chi connectivity index (χ4v) is 7.79. The van der Waals surface area contributed by atoms with Crippen LogP contribution in [-0.2, 0) is 19.3 Å². The van der Waals surface area contributed by atoms with E-state index in [-0.39, 0.29) is 11.9 Å². The van der Waals surface area contributed by atoms with Crippen LogP contribution in [0.4, 0.5) is 0 Å². The highest BCUT2D eigenvalue weighted by Gasteiger charge is 2.66. The predicted octanol–water partition coefficient (Wildman–Crippen LogP) is 2.95. The highest BCUT2D eigenvalue weighted by molar-refractivity contribution is 5.80. The third-order valence-electron chi connectivity index (χ3n) is 9.00. The molecule has 2 saturated heterocycles. The number of nitrogens with zero attached hydrogens (tertiary/aromatic N) is 1. The Bertz CT molecular complexity index is 616. The van der Waals surface area contributed by atoms with E-state index in [4.69, 9.17) is 20.2 Å². The molecular weight excluding hydrogens is 356 g/mol. The molecule has 2 spiro atoms. The molecule has 2 aliphatic heterocycles. The van der Waals surface area contributed by atoms with Gasteiger partial charge in [-0.05, 0) is 82.1 Å². The molecule has 6 heteroatoms. The summed E-state index contributed by atoms with van der Waals surface area (Å²) in [4.78, 5) is 26.1. The van der Waals surface area contributed by atoms with Crippen molar-refractivity contribution in [1.82, 2.24) is 4.90 Å². The molecule has 1 atom stereocenters. The van der Waals surface area contributed by atoms with Crippen LogP contribution in [0.5, 0.6) is 0 Å². The van der Waals surface area contributed by atoms with Gasteiger partial charge in [0.2, 0.25) is 17.5 Å². The number of rotatable bonds is 3. The zero-order chi connectivity index (χ0) is 18.9. The highest BCUT2D eigenvalue weighted by Crippen LogP contribution is 2.63. The van der Waals surface area contributed by atoms with Crippen molar-refractivity contribution in [3.05, 3.63) is 0 Å². The van der Waals surface area contributed by atoms with Crippen molar-refractivity contribution in [2.45, 2.75) is 88.2 Å². The molecule has 156 valence electrons. The Labute approximate surface area is 167 Å². The number of carbonyl (C=O) groups excluding carboxylic acids is 1. The minimum absolute atomic E-state index is 0.0606. The fourth-order valence-electron chi connectivity index (χ4n) is 7.79.